The molecule has 0 spiro atoms. The summed E-state index contributed by atoms with van der Waals surface area (Å²) < 4.78 is 15.3. The third-order valence-corrected chi connectivity index (χ3v) is 6.86. The molecule has 0 bridgehead atoms. The summed E-state index contributed by atoms with van der Waals surface area (Å²) in [5.74, 6) is -0.488. The normalized spacial score (nSPS) is 14.1. The number of amides is 1. The van der Waals surface area contributed by atoms with Gasteiger partial charge in [0.1, 0.15) is 5.82 Å². The summed E-state index contributed by atoms with van der Waals surface area (Å²) >= 11 is 0. The molecule has 1 aromatic heterocycles. The Morgan fingerprint density at radius 3 is 2.54 bits per heavy atom. The molecule has 0 aliphatic carbocycles. The van der Waals surface area contributed by atoms with Crippen molar-refractivity contribution in [3.8, 4) is 5.69 Å². The van der Waals surface area contributed by atoms with Crippen LogP contribution >= 0.6 is 0 Å². The van der Waals surface area contributed by atoms with Gasteiger partial charge in [0.25, 0.3) is 0 Å². The molecular formula is C30H32FN5O. The average molecular weight is 498 g/mol. The van der Waals surface area contributed by atoms with E-state index in [0.29, 0.717) is 11.6 Å². The summed E-state index contributed by atoms with van der Waals surface area (Å²) in [4.78, 5) is 14.7. The van der Waals surface area contributed by atoms with Crippen LogP contribution in [-0.2, 0) is 17.8 Å². The smallest absolute Gasteiger partial charge is 0.228 e. The molecule has 3 aromatic carbocycles. The van der Waals surface area contributed by atoms with Crippen molar-refractivity contribution >= 4 is 17.3 Å². The lowest BCUT2D eigenvalue weighted by Crippen LogP contribution is -2.42. The van der Waals surface area contributed by atoms with Gasteiger partial charge in [-0.2, -0.15) is 5.10 Å². The number of aromatic nitrogens is 2. The molecule has 1 saturated heterocycles. The van der Waals surface area contributed by atoms with E-state index in [2.05, 4.69) is 45.9 Å². The van der Waals surface area contributed by atoms with Crippen LogP contribution in [-0.4, -0.2) is 34.8 Å². The Morgan fingerprint density at radius 2 is 1.78 bits per heavy atom. The van der Waals surface area contributed by atoms with Crippen LogP contribution in [0.25, 0.3) is 5.69 Å². The van der Waals surface area contributed by atoms with Crippen molar-refractivity contribution in [3.63, 3.8) is 0 Å². The predicted molar refractivity (Wildman–Crippen MR) is 146 cm³/mol. The second-order valence-corrected chi connectivity index (χ2v) is 9.62. The Balaban J connectivity index is 1.07. The van der Waals surface area contributed by atoms with E-state index in [0.717, 1.165) is 49.5 Å². The molecule has 1 aliphatic heterocycles. The molecule has 0 atom stereocenters. The number of nitrogens with one attached hydrogen (secondary N) is 2. The van der Waals surface area contributed by atoms with Crippen LogP contribution < -0.4 is 15.5 Å². The van der Waals surface area contributed by atoms with Crippen molar-refractivity contribution in [2.24, 2.45) is 0 Å². The first kappa shape index (κ1) is 24.7. The van der Waals surface area contributed by atoms with Crippen molar-refractivity contribution < 1.29 is 9.18 Å². The third-order valence-electron chi connectivity index (χ3n) is 6.86. The highest BCUT2D eigenvalue weighted by molar-refractivity contribution is 5.92. The standard InChI is InChI=1S/C30H32FN5O/c1-22-5-2-3-8-29(22)36-21-24(20-33-36)19-32-26-13-15-35(16-14-26)28-11-9-27(10-12-28)34-30(37)18-23-6-4-7-25(31)17-23/h2-12,17,20-21,26,32H,13-16,18-19H2,1H3,(H,34,37). The van der Waals surface area contributed by atoms with Gasteiger partial charge >= 0.3 is 0 Å². The van der Waals surface area contributed by atoms with Gasteiger partial charge < -0.3 is 15.5 Å². The van der Waals surface area contributed by atoms with Gasteiger partial charge in [0.2, 0.25) is 5.91 Å². The molecule has 5 rings (SSSR count). The number of hydrogen-bond acceptors (Lipinski definition) is 4. The highest BCUT2D eigenvalue weighted by Crippen LogP contribution is 2.23. The molecule has 190 valence electrons. The summed E-state index contributed by atoms with van der Waals surface area (Å²) in [6.07, 6.45) is 6.32. The molecule has 2 N–H and O–H groups in total. The summed E-state index contributed by atoms with van der Waals surface area (Å²) in [6.45, 7) is 4.86. The molecule has 0 unspecified atom stereocenters. The quantitative estimate of drug-likeness (QED) is 0.349. The van der Waals surface area contributed by atoms with E-state index in [4.69, 9.17) is 0 Å². The van der Waals surface area contributed by atoms with Gasteiger partial charge in [-0.1, -0.05) is 30.3 Å². The van der Waals surface area contributed by atoms with Crippen molar-refractivity contribution in [2.75, 3.05) is 23.3 Å². The Labute approximate surface area is 217 Å². The second-order valence-electron chi connectivity index (χ2n) is 9.62. The van der Waals surface area contributed by atoms with Crippen LogP contribution in [0.3, 0.4) is 0 Å². The zero-order valence-electron chi connectivity index (χ0n) is 21.0. The molecule has 4 aromatic rings. The Hall–Kier alpha value is -3.97. The van der Waals surface area contributed by atoms with Crippen LogP contribution in [0.1, 0.15) is 29.5 Å². The maximum atomic E-state index is 13.3. The van der Waals surface area contributed by atoms with Gasteiger partial charge in [0.05, 0.1) is 18.3 Å². The molecule has 1 aliphatic rings. The number of rotatable bonds is 8. The van der Waals surface area contributed by atoms with Gasteiger partial charge in [-0.15, -0.1) is 0 Å². The number of para-hydroxylation sites is 1. The molecule has 1 amide bonds. The van der Waals surface area contributed by atoms with Gasteiger partial charge in [-0.05, 0) is 73.4 Å². The molecule has 37 heavy (non-hydrogen) atoms. The number of carbonyl (C=O) groups is 1. The molecule has 1 fully saturated rings. The minimum Gasteiger partial charge on any atom is -0.371 e. The fourth-order valence-corrected chi connectivity index (χ4v) is 4.80. The van der Waals surface area contributed by atoms with E-state index in [9.17, 15) is 9.18 Å². The first-order chi connectivity index (χ1) is 18.0. The van der Waals surface area contributed by atoms with E-state index >= 15 is 0 Å². The summed E-state index contributed by atoms with van der Waals surface area (Å²) in [5.41, 5.74) is 6.05. The number of carbonyl (C=O) groups excluding carboxylic acids is 1. The Morgan fingerprint density at radius 1 is 1.00 bits per heavy atom. The molecule has 2 heterocycles. The van der Waals surface area contributed by atoms with E-state index in [1.54, 1.807) is 12.1 Å². The topological polar surface area (TPSA) is 62.2 Å². The second kappa shape index (κ2) is 11.4. The van der Waals surface area contributed by atoms with Crippen LogP contribution in [0, 0.1) is 12.7 Å². The van der Waals surface area contributed by atoms with Gasteiger partial charge in [-0.3, -0.25) is 4.79 Å². The maximum absolute atomic E-state index is 13.3. The summed E-state index contributed by atoms with van der Waals surface area (Å²) in [6, 6.07) is 22.8. The number of aryl methyl sites for hydroxylation is 1. The van der Waals surface area contributed by atoms with E-state index in [1.165, 1.54) is 23.3 Å². The van der Waals surface area contributed by atoms with Crippen molar-refractivity contribution in [1.82, 2.24) is 15.1 Å². The molecule has 0 saturated carbocycles. The van der Waals surface area contributed by atoms with E-state index in [1.807, 2.05) is 47.3 Å². The van der Waals surface area contributed by atoms with Crippen molar-refractivity contribution in [3.05, 3.63) is 108 Å². The van der Waals surface area contributed by atoms with Crippen LogP contribution in [0.4, 0.5) is 15.8 Å². The average Bonchev–Trinajstić information content (AvgIpc) is 3.37. The van der Waals surface area contributed by atoms with E-state index < -0.39 is 0 Å². The number of halogens is 1. The molecule has 6 nitrogen and oxygen atoms in total. The first-order valence-electron chi connectivity index (χ1n) is 12.8. The number of hydrogen-bond donors (Lipinski definition) is 2. The molecule has 0 radical (unpaired) electrons. The van der Waals surface area contributed by atoms with Gasteiger partial charge in [0, 0.05) is 48.8 Å². The fraction of sp³-hybridized carbons (Fsp3) is 0.267. The lowest BCUT2D eigenvalue weighted by molar-refractivity contribution is -0.115. The molecule has 7 heteroatoms. The maximum Gasteiger partial charge on any atom is 0.228 e. The largest absolute Gasteiger partial charge is 0.371 e. The highest BCUT2D eigenvalue weighted by Gasteiger charge is 2.19. The predicted octanol–water partition coefficient (Wildman–Crippen LogP) is 5.26. The minimum absolute atomic E-state index is 0.146. The number of anilines is 2. The highest BCUT2D eigenvalue weighted by atomic mass is 19.1. The summed E-state index contributed by atoms with van der Waals surface area (Å²) in [5, 5.41) is 11.1. The van der Waals surface area contributed by atoms with Crippen LogP contribution in [0.5, 0.6) is 0 Å². The zero-order chi connectivity index (χ0) is 25.6. The monoisotopic (exact) mass is 497 g/mol. The van der Waals surface area contributed by atoms with Crippen molar-refractivity contribution in [2.45, 2.75) is 38.8 Å². The summed E-state index contributed by atoms with van der Waals surface area (Å²) in [7, 11) is 0. The lowest BCUT2D eigenvalue weighted by Gasteiger charge is -2.34. The third kappa shape index (κ3) is 6.43. The van der Waals surface area contributed by atoms with Crippen molar-refractivity contribution in [1.29, 1.82) is 0 Å². The molecular weight excluding hydrogens is 465 g/mol. The number of nitrogens with zero attached hydrogens (tertiary/aromatic N) is 3. The van der Waals surface area contributed by atoms with Gasteiger partial charge in [-0.25, -0.2) is 9.07 Å². The Kier molecular flexibility index (Phi) is 7.61. The van der Waals surface area contributed by atoms with Crippen LogP contribution in [0.15, 0.2) is 85.2 Å². The van der Waals surface area contributed by atoms with Crippen LogP contribution in [0.2, 0.25) is 0 Å². The SMILES string of the molecule is Cc1ccccc1-n1cc(CNC2CCN(c3ccc(NC(=O)Cc4cccc(F)c4)cc3)CC2)cn1. The zero-order valence-corrected chi connectivity index (χ0v) is 21.0. The fourth-order valence-electron chi connectivity index (χ4n) is 4.80. The lowest BCUT2D eigenvalue weighted by atomic mass is 10.0. The Bertz CT molecular complexity index is 1340. The van der Waals surface area contributed by atoms with Gasteiger partial charge in [0.15, 0.2) is 0 Å². The number of benzene rings is 3. The minimum atomic E-state index is -0.331. The van der Waals surface area contributed by atoms with E-state index in [-0.39, 0.29) is 18.1 Å². The first-order valence-corrected chi connectivity index (χ1v) is 12.8. The number of piperidine rings is 1.